The maximum absolute atomic E-state index is 10.9. The van der Waals surface area contributed by atoms with Gasteiger partial charge in [-0.1, -0.05) is 13.8 Å². The van der Waals surface area contributed by atoms with Crippen LogP contribution in [0.1, 0.15) is 46.0 Å². The fourth-order valence-corrected chi connectivity index (χ4v) is 2.43. The number of likely N-dealkylation sites (tertiary alicyclic amines) is 1. The SMILES string of the molecule is CC1(C)CCCN(CCCCC(=O)NN)C1. The highest BCUT2D eigenvalue weighted by atomic mass is 16.2. The molecule has 1 aliphatic heterocycles. The van der Waals surface area contributed by atoms with Gasteiger partial charge in [0, 0.05) is 13.0 Å². The van der Waals surface area contributed by atoms with Crippen LogP contribution in [0.15, 0.2) is 0 Å². The van der Waals surface area contributed by atoms with Crippen molar-refractivity contribution >= 4 is 5.91 Å². The zero-order chi connectivity index (χ0) is 12.0. The van der Waals surface area contributed by atoms with Gasteiger partial charge < -0.3 is 4.90 Å². The van der Waals surface area contributed by atoms with Crippen LogP contribution in [0.5, 0.6) is 0 Å². The van der Waals surface area contributed by atoms with Crippen molar-refractivity contribution in [2.45, 2.75) is 46.0 Å². The first-order valence-electron chi connectivity index (χ1n) is 6.25. The number of rotatable bonds is 5. The molecule has 4 nitrogen and oxygen atoms in total. The number of carbonyl (C=O) groups is 1. The second-order valence-corrected chi connectivity index (χ2v) is 5.57. The van der Waals surface area contributed by atoms with Crippen molar-refractivity contribution in [3.8, 4) is 0 Å². The monoisotopic (exact) mass is 227 g/mol. The van der Waals surface area contributed by atoms with Crippen LogP contribution >= 0.6 is 0 Å². The lowest BCUT2D eigenvalue weighted by Crippen LogP contribution is -2.40. The van der Waals surface area contributed by atoms with E-state index < -0.39 is 0 Å². The van der Waals surface area contributed by atoms with E-state index in [0.29, 0.717) is 11.8 Å². The summed E-state index contributed by atoms with van der Waals surface area (Å²) in [5.41, 5.74) is 2.63. The summed E-state index contributed by atoms with van der Waals surface area (Å²) in [6, 6.07) is 0. The third-order valence-electron chi connectivity index (χ3n) is 3.27. The Hall–Kier alpha value is -0.610. The van der Waals surface area contributed by atoms with Gasteiger partial charge in [-0.15, -0.1) is 0 Å². The van der Waals surface area contributed by atoms with Gasteiger partial charge in [-0.3, -0.25) is 10.2 Å². The van der Waals surface area contributed by atoms with E-state index in [1.807, 2.05) is 0 Å². The minimum absolute atomic E-state index is 0.0565. The molecule has 94 valence electrons. The van der Waals surface area contributed by atoms with Crippen molar-refractivity contribution in [3.63, 3.8) is 0 Å². The zero-order valence-corrected chi connectivity index (χ0v) is 10.6. The number of piperidine rings is 1. The van der Waals surface area contributed by atoms with Gasteiger partial charge in [0.15, 0.2) is 0 Å². The number of hydrogen-bond donors (Lipinski definition) is 2. The maximum Gasteiger partial charge on any atom is 0.233 e. The number of amides is 1. The molecule has 0 radical (unpaired) electrons. The molecule has 16 heavy (non-hydrogen) atoms. The van der Waals surface area contributed by atoms with E-state index >= 15 is 0 Å². The summed E-state index contributed by atoms with van der Waals surface area (Å²) in [6.07, 6.45) is 5.20. The van der Waals surface area contributed by atoms with Crippen molar-refractivity contribution in [1.29, 1.82) is 0 Å². The molecule has 1 saturated heterocycles. The molecule has 0 atom stereocenters. The van der Waals surface area contributed by atoms with Gasteiger partial charge in [-0.05, 0) is 44.2 Å². The Balaban J connectivity index is 2.11. The van der Waals surface area contributed by atoms with Crippen molar-refractivity contribution in [3.05, 3.63) is 0 Å². The third-order valence-corrected chi connectivity index (χ3v) is 3.27. The average molecular weight is 227 g/mol. The first-order chi connectivity index (χ1) is 7.53. The number of nitrogens with zero attached hydrogens (tertiary/aromatic N) is 1. The predicted octanol–water partition coefficient (Wildman–Crippen LogP) is 1.27. The van der Waals surface area contributed by atoms with Gasteiger partial charge in [0.1, 0.15) is 0 Å². The van der Waals surface area contributed by atoms with E-state index in [4.69, 9.17) is 5.84 Å². The van der Waals surface area contributed by atoms with E-state index in [1.165, 1.54) is 25.9 Å². The van der Waals surface area contributed by atoms with Crippen LogP contribution in [0, 0.1) is 5.41 Å². The summed E-state index contributed by atoms with van der Waals surface area (Å²) in [7, 11) is 0. The summed E-state index contributed by atoms with van der Waals surface area (Å²) in [4.78, 5) is 13.4. The molecule has 0 spiro atoms. The number of hydrazine groups is 1. The molecular formula is C12H25N3O. The lowest BCUT2D eigenvalue weighted by molar-refractivity contribution is -0.121. The van der Waals surface area contributed by atoms with Crippen LogP contribution in [-0.4, -0.2) is 30.4 Å². The average Bonchev–Trinajstić information content (AvgIpc) is 2.22. The highest BCUT2D eigenvalue weighted by Crippen LogP contribution is 2.28. The zero-order valence-electron chi connectivity index (χ0n) is 10.6. The van der Waals surface area contributed by atoms with Crippen LogP contribution in [0.2, 0.25) is 0 Å². The van der Waals surface area contributed by atoms with Gasteiger partial charge in [0.05, 0.1) is 0 Å². The largest absolute Gasteiger partial charge is 0.303 e. The Bertz CT molecular complexity index is 228. The van der Waals surface area contributed by atoms with E-state index in [0.717, 1.165) is 19.4 Å². The van der Waals surface area contributed by atoms with Crippen molar-refractivity contribution < 1.29 is 4.79 Å². The number of nitrogens with two attached hydrogens (primary N) is 1. The van der Waals surface area contributed by atoms with Gasteiger partial charge in [-0.25, -0.2) is 5.84 Å². The molecule has 0 unspecified atom stereocenters. The van der Waals surface area contributed by atoms with Crippen molar-refractivity contribution in [1.82, 2.24) is 10.3 Å². The normalized spacial score (nSPS) is 20.7. The van der Waals surface area contributed by atoms with Crippen LogP contribution < -0.4 is 11.3 Å². The van der Waals surface area contributed by atoms with Crippen molar-refractivity contribution in [2.24, 2.45) is 11.3 Å². The van der Waals surface area contributed by atoms with Gasteiger partial charge >= 0.3 is 0 Å². The lowest BCUT2D eigenvalue weighted by Gasteiger charge is -2.38. The molecule has 3 N–H and O–H groups in total. The molecule has 0 saturated carbocycles. The van der Waals surface area contributed by atoms with E-state index in [-0.39, 0.29) is 5.91 Å². The van der Waals surface area contributed by atoms with Crippen LogP contribution in [0.4, 0.5) is 0 Å². The molecule has 0 aromatic heterocycles. The third kappa shape index (κ3) is 4.94. The lowest BCUT2D eigenvalue weighted by atomic mass is 9.84. The minimum Gasteiger partial charge on any atom is -0.303 e. The minimum atomic E-state index is -0.0565. The van der Waals surface area contributed by atoms with Gasteiger partial charge in [-0.2, -0.15) is 0 Å². The summed E-state index contributed by atoms with van der Waals surface area (Å²) in [5.74, 6) is 4.97. The topological polar surface area (TPSA) is 58.4 Å². The quantitative estimate of drug-likeness (QED) is 0.322. The highest BCUT2D eigenvalue weighted by molar-refractivity contribution is 5.75. The maximum atomic E-state index is 10.9. The molecule has 0 aliphatic carbocycles. The predicted molar refractivity (Wildman–Crippen MR) is 65.6 cm³/mol. The Morgan fingerprint density at radius 2 is 2.19 bits per heavy atom. The molecular weight excluding hydrogens is 202 g/mol. The fraction of sp³-hybridized carbons (Fsp3) is 0.917. The molecule has 1 aliphatic rings. The summed E-state index contributed by atoms with van der Waals surface area (Å²) < 4.78 is 0. The van der Waals surface area contributed by atoms with E-state index in [2.05, 4.69) is 24.2 Å². The highest BCUT2D eigenvalue weighted by Gasteiger charge is 2.25. The summed E-state index contributed by atoms with van der Waals surface area (Å²) >= 11 is 0. The van der Waals surface area contributed by atoms with E-state index in [9.17, 15) is 4.79 Å². The molecule has 1 fully saturated rings. The molecule has 1 heterocycles. The Labute approximate surface area is 98.5 Å². The molecule has 0 aromatic rings. The summed E-state index contributed by atoms with van der Waals surface area (Å²) in [6.45, 7) is 8.19. The second-order valence-electron chi connectivity index (χ2n) is 5.57. The van der Waals surface area contributed by atoms with Gasteiger partial charge in [0.25, 0.3) is 0 Å². The summed E-state index contributed by atoms with van der Waals surface area (Å²) in [5, 5.41) is 0. The number of carbonyl (C=O) groups excluding carboxylic acids is 1. The Morgan fingerprint density at radius 1 is 1.44 bits per heavy atom. The van der Waals surface area contributed by atoms with Crippen LogP contribution in [-0.2, 0) is 4.79 Å². The second kappa shape index (κ2) is 6.21. The number of nitrogens with one attached hydrogen (secondary N) is 1. The van der Waals surface area contributed by atoms with Crippen LogP contribution in [0.25, 0.3) is 0 Å². The molecule has 1 rings (SSSR count). The fourth-order valence-electron chi connectivity index (χ4n) is 2.43. The molecule has 1 amide bonds. The van der Waals surface area contributed by atoms with Crippen molar-refractivity contribution in [2.75, 3.05) is 19.6 Å². The number of unbranched alkanes of at least 4 members (excludes halogenated alkanes) is 1. The Morgan fingerprint density at radius 3 is 2.81 bits per heavy atom. The number of hydrogen-bond acceptors (Lipinski definition) is 3. The van der Waals surface area contributed by atoms with Gasteiger partial charge in [0.2, 0.25) is 5.91 Å². The van der Waals surface area contributed by atoms with E-state index in [1.54, 1.807) is 0 Å². The standard InChI is InChI=1S/C12H25N3O/c1-12(2)7-5-9-15(10-12)8-4-3-6-11(16)14-13/h3-10,13H2,1-2H3,(H,14,16). The van der Waals surface area contributed by atoms with Crippen LogP contribution in [0.3, 0.4) is 0 Å². The smallest absolute Gasteiger partial charge is 0.233 e. The Kier molecular flexibility index (Phi) is 5.22. The molecule has 0 bridgehead atoms. The molecule has 4 heteroatoms. The molecule has 0 aromatic carbocycles. The first kappa shape index (κ1) is 13.5. The first-order valence-corrected chi connectivity index (χ1v) is 6.25.